The van der Waals surface area contributed by atoms with Gasteiger partial charge in [-0.3, -0.25) is 0 Å². The summed E-state index contributed by atoms with van der Waals surface area (Å²) in [5, 5.41) is 3.77. The zero-order valence-electron chi connectivity index (χ0n) is 27.6. The van der Waals surface area contributed by atoms with Crippen LogP contribution in [0.4, 0.5) is 0 Å². The first kappa shape index (κ1) is 31.1. The van der Waals surface area contributed by atoms with Gasteiger partial charge in [-0.05, 0) is 119 Å². The molecule has 0 saturated heterocycles. The van der Waals surface area contributed by atoms with Crippen LogP contribution in [-0.2, 0) is 18.4 Å². The van der Waals surface area contributed by atoms with Gasteiger partial charge < -0.3 is 5.32 Å². The summed E-state index contributed by atoms with van der Waals surface area (Å²) < 4.78 is 0. The maximum absolute atomic E-state index is 3.96. The summed E-state index contributed by atoms with van der Waals surface area (Å²) in [6.07, 6.45) is 18.5. The zero-order valence-corrected chi connectivity index (χ0v) is 27.6. The van der Waals surface area contributed by atoms with Crippen molar-refractivity contribution in [2.75, 3.05) is 0 Å². The molecule has 2 aliphatic rings. The van der Waals surface area contributed by atoms with Crippen molar-refractivity contribution in [1.82, 2.24) is 5.32 Å². The lowest BCUT2D eigenvalue weighted by Crippen LogP contribution is -2.17. The number of fused-ring (bicyclic) bond motifs is 4. The highest BCUT2D eigenvalue weighted by Gasteiger charge is 2.37. The van der Waals surface area contributed by atoms with Crippen molar-refractivity contribution in [1.29, 1.82) is 0 Å². The van der Waals surface area contributed by atoms with Crippen LogP contribution in [-0.4, -0.2) is 0 Å². The number of benzene rings is 3. The molecule has 1 unspecified atom stereocenters. The Morgan fingerprint density at radius 2 is 1.70 bits per heavy atom. The van der Waals surface area contributed by atoms with E-state index < -0.39 is 0 Å². The van der Waals surface area contributed by atoms with Gasteiger partial charge in [0.1, 0.15) is 0 Å². The molecule has 224 valence electrons. The quantitative estimate of drug-likeness (QED) is 0.195. The zero-order chi connectivity index (χ0) is 31.4. The standard InChI is InChI=1S/C43H47N/c1-9-15-37-38-24-20-31(25-41(38)43(7,8)40(37)12-4)28-44-42(16-10-2)30(6)29(5)19-21-32(11-3)33-22-23-35-26-34-17-13-14-18-36(34)39(35)27-33/h9-25,27,29,44H,1,26,28H2,2-8H3/b16-10-,21-19-,32-11+,37-15-,40-12+,42-30-. The Balaban J connectivity index is 1.34. The van der Waals surface area contributed by atoms with Gasteiger partial charge >= 0.3 is 0 Å². The van der Waals surface area contributed by atoms with Gasteiger partial charge in [-0.2, -0.15) is 0 Å². The van der Waals surface area contributed by atoms with Crippen molar-refractivity contribution in [3.63, 3.8) is 0 Å². The van der Waals surface area contributed by atoms with Gasteiger partial charge in [-0.15, -0.1) is 0 Å². The molecule has 3 aromatic carbocycles. The number of hydrogen-bond acceptors (Lipinski definition) is 1. The van der Waals surface area contributed by atoms with Gasteiger partial charge in [0.25, 0.3) is 0 Å². The summed E-state index contributed by atoms with van der Waals surface area (Å²) in [5.74, 6) is 0.279. The minimum absolute atomic E-state index is 0.0289. The first-order valence-electron chi connectivity index (χ1n) is 16.0. The fourth-order valence-corrected chi connectivity index (χ4v) is 6.89. The maximum atomic E-state index is 3.96. The average molecular weight is 578 g/mol. The van der Waals surface area contributed by atoms with E-state index in [-0.39, 0.29) is 11.3 Å². The molecule has 0 amide bonds. The van der Waals surface area contributed by atoms with E-state index in [0.717, 1.165) is 13.0 Å². The second-order valence-corrected chi connectivity index (χ2v) is 12.6. The van der Waals surface area contributed by atoms with Crippen LogP contribution in [0.5, 0.6) is 0 Å². The third kappa shape index (κ3) is 5.89. The second-order valence-electron chi connectivity index (χ2n) is 12.6. The fraction of sp³-hybridized carbons (Fsp3) is 0.256. The lowest BCUT2D eigenvalue weighted by molar-refractivity contribution is 0.657. The lowest BCUT2D eigenvalue weighted by Gasteiger charge is -2.22. The van der Waals surface area contributed by atoms with Crippen molar-refractivity contribution < 1.29 is 0 Å². The van der Waals surface area contributed by atoms with E-state index in [4.69, 9.17) is 0 Å². The molecule has 0 aromatic heterocycles. The molecule has 0 aliphatic heterocycles. The smallest absolute Gasteiger partial charge is 0.0400 e. The van der Waals surface area contributed by atoms with Crippen LogP contribution in [0.15, 0.2) is 133 Å². The summed E-state index contributed by atoms with van der Waals surface area (Å²) in [6.45, 7) is 20.3. The summed E-state index contributed by atoms with van der Waals surface area (Å²) in [7, 11) is 0. The molecule has 1 atom stereocenters. The Morgan fingerprint density at radius 1 is 0.932 bits per heavy atom. The number of rotatable bonds is 9. The van der Waals surface area contributed by atoms with Crippen molar-refractivity contribution in [3.8, 4) is 11.1 Å². The molecule has 3 aromatic rings. The summed E-state index contributed by atoms with van der Waals surface area (Å²) in [4.78, 5) is 0. The van der Waals surface area contributed by atoms with Crippen LogP contribution >= 0.6 is 0 Å². The van der Waals surface area contributed by atoms with Crippen molar-refractivity contribution in [2.45, 2.75) is 66.8 Å². The highest BCUT2D eigenvalue weighted by molar-refractivity contribution is 5.90. The van der Waals surface area contributed by atoms with Crippen molar-refractivity contribution in [3.05, 3.63) is 166 Å². The van der Waals surface area contributed by atoms with Gasteiger partial charge in [0.15, 0.2) is 0 Å². The Labute approximate surface area is 265 Å². The SMILES string of the molecule is C=C/C=C1\C(=C/C)C(C)(C)c2cc(CNC(/C=C\C)=C(/C)C(C)/C=C\C(=C/C)c3ccc4c(c3)-c3ccccc3C4)ccc21. The largest absolute Gasteiger partial charge is 0.381 e. The first-order valence-corrected chi connectivity index (χ1v) is 16.0. The van der Waals surface area contributed by atoms with Gasteiger partial charge in [-0.1, -0.05) is 124 Å². The Kier molecular flexibility index (Phi) is 9.25. The minimum Gasteiger partial charge on any atom is -0.381 e. The van der Waals surface area contributed by atoms with Gasteiger partial charge in [0.2, 0.25) is 0 Å². The Hall–Kier alpha value is -4.36. The number of nitrogens with one attached hydrogen (secondary N) is 1. The Morgan fingerprint density at radius 3 is 2.43 bits per heavy atom. The van der Waals surface area contributed by atoms with Crippen LogP contribution < -0.4 is 5.32 Å². The highest BCUT2D eigenvalue weighted by Crippen LogP contribution is 2.49. The van der Waals surface area contributed by atoms with Gasteiger partial charge in [-0.25, -0.2) is 0 Å². The number of allylic oxidation sites excluding steroid dienone is 12. The van der Waals surface area contributed by atoms with E-state index in [1.807, 2.05) is 6.08 Å². The molecule has 0 fully saturated rings. The molecular formula is C43H47N. The predicted molar refractivity (Wildman–Crippen MR) is 192 cm³/mol. The van der Waals surface area contributed by atoms with Crippen molar-refractivity contribution >= 4 is 11.1 Å². The molecule has 0 heterocycles. The topological polar surface area (TPSA) is 12.0 Å². The van der Waals surface area contributed by atoms with Gasteiger partial charge in [0, 0.05) is 17.7 Å². The van der Waals surface area contributed by atoms with Crippen LogP contribution in [0.3, 0.4) is 0 Å². The highest BCUT2D eigenvalue weighted by atomic mass is 14.9. The third-order valence-corrected chi connectivity index (χ3v) is 9.52. The van der Waals surface area contributed by atoms with E-state index in [9.17, 15) is 0 Å². The fourth-order valence-electron chi connectivity index (χ4n) is 6.89. The monoisotopic (exact) mass is 577 g/mol. The minimum atomic E-state index is -0.0289. The molecule has 5 rings (SSSR count). The van der Waals surface area contributed by atoms with E-state index in [2.05, 4.69) is 164 Å². The van der Waals surface area contributed by atoms with Crippen molar-refractivity contribution in [2.24, 2.45) is 5.92 Å². The third-order valence-electron chi connectivity index (χ3n) is 9.52. The normalized spacial score (nSPS) is 18.5. The van der Waals surface area contributed by atoms with E-state index in [1.54, 1.807) is 0 Å². The molecule has 2 aliphatic carbocycles. The van der Waals surface area contributed by atoms with E-state index >= 15 is 0 Å². The average Bonchev–Trinajstić information content (AvgIpc) is 3.50. The molecule has 0 saturated carbocycles. The molecular weight excluding hydrogens is 530 g/mol. The number of hydrogen-bond donors (Lipinski definition) is 1. The van der Waals surface area contributed by atoms with E-state index in [0.29, 0.717) is 0 Å². The van der Waals surface area contributed by atoms with Gasteiger partial charge in [0.05, 0.1) is 0 Å². The summed E-state index contributed by atoms with van der Waals surface area (Å²) >= 11 is 0. The maximum Gasteiger partial charge on any atom is 0.0400 e. The molecule has 0 radical (unpaired) electrons. The first-order chi connectivity index (χ1) is 21.2. The predicted octanol–water partition coefficient (Wildman–Crippen LogP) is 11.3. The summed E-state index contributed by atoms with van der Waals surface area (Å²) in [6, 6.07) is 22.7. The van der Waals surface area contributed by atoms with Crippen LogP contribution in [0, 0.1) is 5.92 Å². The summed E-state index contributed by atoms with van der Waals surface area (Å²) in [5.41, 5.74) is 17.3. The van der Waals surface area contributed by atoms with E-state index in [1.165, 1.54) is 72.5 Å². The van der Waals surface area contributed by atoms with Crippen LogP contribution in [0.2, 0.25) is 0 Å². The molecule has 0 bridgehead atoms. The molecule has 1 N–H and O–H groups in total. The molecule has 1 nitrogen and oxygen atoms in total. The van der Waals surface area contributed by atoms with Crippen LogP contribution in [0.25, 0.3) is 22.3 Å². The molecule has 0 spiro atoms. The Bertz CT molecular complexity index is 1760. The second kappa shape index (κ2) is 13.1. The molecule has 44 heavy (non-hydrogen) atoms. The molecule has 1 heteroatoms. The van der Waals surface area contributed by atoms with Crippen LogP contribution in [0.1, 0.15) is 81.8 Å². The lowest BCUT2D eigenvalue weighted by atomic mass is 9.81.